The number of ether oxygens (including phenoxy) is 2. The highest BCUT2D eigenvalue weighted by molar-refractivity contribution is 7.58. The fourth-order valence-electron chi connectivity index (χ4n) is 5.41. The number of hydrogen-bond donors (Lipinski definition) is 1. The van der Waals surface area contributed by atoms with E-state index in [-0.39, 0.29) is 37.9 Å². The quantitative estimate of drug-likeness (QED) is 0.0526. The fourth-order valence-corrected chi connectivity index (χ4v) is 6.78. The molecule has 51 heavy (non-hydrogen) atoms. The SMILES string of the molecule is CCCCCCCCCCCCCCCC(=O)N[C@H](/C=C(\F)P(=O)(OCC)OCC)Cc1ccc(OCc2cc(OCC(F)(F)F)ccn2)cc1. The smallest absolute Gasteiger partial charge is 0.422 e. The lowest BCUT2D eigenvalue weighted by atomic mass is 10.0. The van der Waals surface area contributed by atoms with Gasteiger partial charge in [-0.2, -0.15) is 17.6 Å². The Morgan fingerprint density at radius 3 is 1.94 bits per heavy atom. The molecule has 0 saturated carbocycles. The van der Waals surface area contributed by atoms with Crippen LogP contribution in [0, 0.1) is 0 Å². The second-order valence-corrected chi connectivity index (χ2v) is 14.5. The lowest BCUT2D eigenvalue weighted by Crippen LogP contribution is -2.35. The summed E-state index contributed by atoms with van der Waals surface area (Å²) in [6.45, 7) is 3.95. The zero-order valence-electron chi connectivity index (χ0n) is 30.5. The first kappa shape index (κ1) is 44.2. The molecule has 1 heterocycles. The van der Waals surface area contributed by atoms with Gasteiger partial charge in [-0.1, -0.05) is 96.1 Å². The number of nitrogens with zero attached hydrogens (tertiary/aromatic N) is 1. The number of amides is 1. The molecule has 0 unspecified atom stereocenters. The Bertz CT molecular complexity index is 1320. The Kier molecular flexibility index (Phi) is 21.8. The van der Waals surface area contributed by atoms with E-state index in [1.807, 2.05) is 0 Å². The fraction of sp³-hybridized carbons (Fsp3) is 0.632. The summed E-state index contributed by atoms with van der Waals surface area (Å²) in [4.78, 5) is 17.0. The van der Waals surface area contributed by atoms with Gasteiger partial charge in [-0.25, -0.2) is 0 Å². The van der Waals surface area contributed by atoms with Gasteiger partial charge < -0.3 is 23.8 Å². The highest BCUT2D eigenvalue weighted by Gasteiger charge is 2.31. The normalized spacial score (nSPS) is 12.9. The maximum atomic E-state index is 15.4. The van der Waals surface area contributed by atoms with Gasteiger partial charge >= 0.3 is 13.8 Å². The lowest BCUT2D eigenvalue weighted by Gasteiger charge is -2.19. The van der Waals surface area contributed by atoms with Crippen molar-refractivity contribution in [2.45, 2.75) is 136 Å². The summed E-state index contributed by atoms with van der Waals surface area (Å²) in [5.41, 5.74) is 0.0472. The van der Waals surface area contributed by atoms with Crippen LogP contribution in [-0.4, -0.2) is 42.9 Å². The Morgan fingerprint density at radius 1 is 0.824 bits per heavy atom. The first-order valence-corrected chi connectivity index (χ1v) is 19.9. The molecule has 2 rings (SSSR count). The van der Waals surface area contributed by atoms with E-state index < -0.39 is 32.0 Å². The molecule has 1 N–H and O–H groups in total. The third-order valence-corrected chi connectivity index (χ3v) is 9.88. The maximum absolute atomic E-state index is 15.4. The average molecular weight is 745 g/mol. The first-order chi connectivity index (χ1) is 24.5. The van der Waals surface area contributed by atoms with Crippen molar-refractivity contribution in [3.8, 4) is 11.5 Å². The van der Waals surface area contributed by atoms with Crippen LogP contribution in [0.4, 0.5) is 17.6 Å². The number of aromatic nitrogens is 1. The molecule has 0 fully saturated rings. The molecule has 0 bridgehead atoms. The molecular formula is C38H57F4N2O6P. The molecule has 1 aromatic heterocycles. The number of carbonyl (C=O) groups is 1. The molecule has 0 spiro atoms. The van der Waals surface area contributed by atoms with Crippen LogP contribution >= 0.6 is 7.60 Å². The van der Waals surface area contributed by atoms with E-state index in [2.05, 4.69) is 17.2 Å². The van der Waals surface area contributed by atoms with Crippen molar-refractivity contribution in [1.82, 2.24) is 10.3 Å². The van der Waals surface area contributed by atoms with Crippen LogP contribution in [0.25, 0.3) is 0 Å². The van der Waals surface area contributed by atoms with Crippen molar-refractivity contribution in [2.75, 3.05) is 19.8 Å². The van der Waals surface area contributed by atoms with E-state index in [0.29, 0.717) is 17.9 Å². The topological polar surface area (TPSA) is 96.0 Å². The van der Waals surface area contributed by atoms with E-state index >= 15 is 4.39 Å². The maximum Gasteiger partial charge on any atom is 0.422 e. The largest absolute Gasteiger partial charge is 0.487 e. The number of benzene rings is 1. The van der Waals surface area contributed by atoms with Crippen molar-refractivity contribution in [2.24, 2.45) is 0 Å². The van der Waals surface area contributed by atoms with Crippen LogP contribution in [0.5, 0.6) is 11.5 Å². The van der Waals surface area contributed by atoms with Crippen LogP contribution in [-0.2, 0) is 31.4 Å². The Hall–Kier alpha value is -2.95. The van der Waals surface area contributed by atoms with Crippen LogP contribution in [0.1, 0.15) is 122 Å². The third kappa shape index (κ3) is 20.0. The van der Waals surface area contributed by atoms with Crippen LogP contribution in [0.3, 0.4) is 0 Å². The summed E-state index contributed by atoms with van der Waals surface area (Å²) in [6, 6.07) is 8.71. The van der Waals surface area contributed by atoms with Gasteiger partial charge in [-0.15, -0.1) is 0 Å². The zero-order chi connectivity index (χ0) is 37.4. The predicted octanol–water partition coefficient (Wildman–Crippen LogP) is 11.2. The molecule has 0 saturated heterocycles. The summed E-state index contributed by atoms with van der Waals surface area (Å²) >= 11 is 0. The van der Waals surface area contributed by atoms with Crippen molar-refractivity contribution < 1.29 is 45.4 Å². The number of rotatable bonds is 28. The molecule has 288 valence electrons. The number of hydrogen-bond acceptors (Lipinski definition) is 7. The van der Waals surface area contributed by atoms with Crippen molar-refractivity contribution in [3.63, 3.8) is 0 Å². The van der Waals surface area contributed by atoms with Gasteiger partial charge in [0.15, 0.2) is 6.61 Å². The van der Waals surface area contributed by atoms with Crippen molar-refractivity contribution in [1.29, 1.82) is 0 Å². The monoisotopic (exact) mass is 744 g/mol. The van der Waals surface area contributed by atoms with E-state index in [1.54, 1.807) is 38.1 Å². The average Bonchev–Trinajstić information content (AvgIpc) is 3.09. The summed E-state index contributed by atoms with van der Waals surface area (Å²) in [6.07, 6.45) is 14.0. The third-order valence-electron chi connectivity index (χ3n) is 8.01. The summed E-state index contributed by atoms with van der Waals surface area (Å²) in [7, 11) is -4.17. The highest BCUT2D eigenvalue weighted by Crippen LogP contribution is 2.56. The zero-order valence-corrected chi connectivity index (χ0v) is 31.4. The Morgan fingerprint density at radius 2 is 1.39 bits per heavy atom. The molecule has 8 nitrogen and oxygen atoms in total. The second-order valence-electron chi connectivity index (χ2n) is 12.5. The number of halogens is 4. The number of pyridine rings is 1. The molecule has 0 radical (unpaired) electrons. The van der Waals surface area contributed by atoms with Gasteiger partial charge in [0.05, 0.1) is 24.9 Å². The molecular weight excluding hydrogens is 687 g/mol. The van der Waals surface area contributed by atoms with Crippen molar-refractivity contribution >= 4 is 13.5 Å². The number of alkyl halides is 3. The number of carbonyl (C=O) groups excluding carboxylic acids is 1. The molecule has 0 aliphatic rings. The van der Waals surface area contributed by atoms with Gasteiger partial charge in [0, 0.05) is 18.7 Å². The Balaban J connectivity index is 1.92. The van der Waals surface area contributed by atoms with E-state index in [4.69, 9.17) is 18.5 Å². The summed E-state index contributed by atoms with van der Waals surface area (Å²) in [5, 5.41) is 2.87. The number of unbranched alkanes of at least 4 members (excludes halogenated alkanes) is 12. The molecule has 1 aromatic carbocycles. The Labute approximate surface area is 301 Å². The first-order valence-electron chi connectivity index (χ1n) is 18.4. The van der Waals surface area contributed by atoms with Gasteiger partial charge in [-0.3, -0.25) is 14.3 Å². The molecule has 2 aromatic rings. The molecule has 1 atom stereocenters. The highest BCUT2D eigenvalue weighted by atomic mass is 31.2. The molecule has 0 aliphatic heterocycles. The molecule has 0 aliphatic carbocycles. The van der Waals surface area contributed by atoms with E-state index in [0.717, 1.165) is 37.3 Å². The minimum Gasteiger partial charge on any atom is -0.487 e. The van der Waals surface area contributed by atoms with Crippen LogP contribution in [0.2, 0.25) is 0 Å². The van der Waals surface area contributed by atoms with E-state index in [1.165, 1.54) is 76.1 Å². The number of nitrogens with one attached hydrogen (secondary N) is 1. The van der Waals surface area contributed by atoms with E-state index in [9.17, 15) is 22.5 Å². The van der Waals surface area contributed by atoms with Gasteiger partial charge in [-0.05, 0) is 56.5 Å². The van der Waals surface area contributed by atoms with Gasteiger partial charge in [0.2, 0.25) is 11.5 Å². The summed E-state index contributed by atoms with van der Waals surface area (Å²) < 4.78 is 86.7. The van der Waals surface area contributed by atoms with Gasteiger partial charge in [0.25, 0.3) is 0 Å². The molecule has 1 amide bonds. The standard InChI is InChI=1S/C38H57F4N2O6P/c1-4-7-8-9-10-11-12-13-14-15-16-17-18-19-37(45)44-32(28-36(39)51(46,49-5-2)50-6-3)26-31-20-22-34(23-21-31)47-29-33-27-35(24-25-43-33)48-30-38(40,41)42/h20-25,27-28,32H,4-19,26,29-30H2,1-3H3,(H,44,45)/b36-28+/t32-/m0/s1. The van der Waals surface area contributed by atoms with Crippen molar-refractivity contribution in [3.05, 3.63) is 65.5 Å². The lowest BCUT2D eigenvalue weighted by molar-refractivity contribution is -0.153. The van der Waals surface area contributed by atoms with Crippen LogP contribution < -0.4 is 14.8 Å². The molecule has 13 heteroatoms. The minimum atomic E-state index is -4.46. The van der Waals surface area contributed by atoms with Gasteiger partial charge in [0.1, 0.15) is 18.1 Å². The van der Waals surface area contributed by atoms with Crippen LogP contribution in [0.15, 0.2) is 54.2 Å². The second kappa shape index (κ2) is 25.1. The minimum absolute atomic E-state index is 0.0153. The summed E-state index contributed by atoms with van der Waals surface area (Å²) in [5.74, 6) is 0.254. The predicted molar refractivity (Wildman–Crippen MR) is 193 cm³/mol.